The molecule has 0 fully saturated rings. The van der Waals surface area contributed by atoms with Crippen LogP contribution >= 0.6 is 0 Å². The highest BCUT2D eigenvalue weighted by Crippen LogP contribution is 2.19. The first kappa shape index (κ1) is 16.1. The zero-order valence-electron chi connectivity index (χ0n) is 12.8. The van der Waals surface area contributed by atoms with Crippen LogP contribution in [-0.2, 0) is 13.5 Å². The predicted molar refractivity (Wildman–Crippen MR) is 83.7 cm³/mol. The lowest BCUT2D eigenvalue weighted by molar-refractivity contribution is 0.161. The maximum atomic E-state index is 12.0. The molecule has 0 atom stereocenters. The van der Waals surface area contributed by atoms with Crippen LogP contribution in [0.2, 0.25) is 0 Å². The van der Waals surface area contributed by atoms with Gasteiger partial charge in [0.2, 0.25) is 0 Å². The first-order chi connectivity index (χ1) is 10.4. The Morgan fingerprint density at radius 1 is 1.45 bits per heavy atom. The van der Waals surface area contributed by atoms with Crippen molar-refractivity contribution in [3.63, 3.8) is 0 Å². The van der Waals surface area contributed by atoms with Crippen LogP contribution in [0, 0.1) is 5.92 Å². The average Bonchev–Trinajstić information content (AvgIpc) is 2.74. The summed E-state index contributed by atoms with van der Waals surface area (Å²) in [6, 6.07) is 1.80. The van der Waals surface area contributed by atoms with Gasteiger partial charge in [-0.3, -0.25) is 4.98 Å². The fourth-order valence-corrected chi connectivity index (χ4v) is 2.12. The molecule has 0 saturated carbocycles. The van der Waals surface area contributed by atoms with Crippen molar-refractivity contribution in [1.82, 2.24) is 14.5 Å². The number of imidazole rings is 1. The molecular weight excluding hydrogens is 288 g/mol. The van der Waals surface area contributed by atoms with Crippen molar-refractivity contribution < 1.29 is 8.78 Å². The molecule has 22 heavy (non-hydrogen) atoms. The Labute approximate surface area is 127 Å². The number of aryl methyl sites for hydroxylation is 1. The van der Waals surface area contributed by atoms with Crippen LogP contribution in [0.1, 0.15) is 25.4 Å². The summed E-state index contributed by atoms with van der Waals surface area (Å²) in [7, 11) is 1.94. The van der Waals surface area contributed by atoms with E-state index in [1.807, 2.05) is 11.6 Å². The van der Waals surface area contributed by atoms with Gasteiger partial charge >= 0.3 is 6.55 Å². The molecule has 118 valence electrons. The molecule has 2 heterocycles. The van der Waals surface area contributed by atoms with Gasteiger partial charge < -0.3 is 10.3 Å². The molecule has 0 spiro atoms. The Morgan fingerprint density at radius 3 is 2.82 bits per heavy atom. The Morgan fingerprint density at radius 2 is 2.18 bits per heavy atom. The topological polar surface area (TPSA) is 69.1 Å². The van der Waals surface area contributed by atoms with Gasteiger partial charge in [-0.05, 0) is 18.1 Å². The summed E-state index contributed by atoms with van der Waals surface area (Å²) in [4.78, 5) is 11.7. The van der Waals surface area contributed by atoms with Gasteiger partial charge in [-0.25, -0.2) is 9.98 Å². The van der Waals surface area contributed by atoms with Gasteiger partial charge in [-0.1, -0.05) is 13.8 Å². The van der Waals surface area contributed by atoms with Crippen molar-refractivity contribution in [2.45, 2.75) is 26.8 Å². The number of allylic oxidation sites excluding steroid dienone is 1. The minimum absolute atomic E-state index is 0.276. The van der Waals surface area contributed by atoms with E-state index < -0.39 is 6.55 Å². The van der Waals surface area contributed by atoms with Crippen LogP contribution in [0.15, 0.2) is 23.3 Å². The van der Waals surface area contributed by atoms with E-state index in [1.54, 1.807) is 12.3 Å². The Kier molecular flexibility index (Phi) is 4.85. The third kappa shape index (κ3) is 3.66. The van der Waals surface area contributed by atoms with Gasteiger partial charge in [0.1, 0.15) is 11.3 Å². The summed E-state index contributed by atoms with van der Waals surface area (Å²) in [5.41, 5.74) is 8.32. The fourth-order valence-electron chi connectivity index (χ4n) is 2.12. The molecule has 0 aliphatic heterocycles. The van der Waals surface area contributed by atoms with Gasteiger partial charge in [-0.2, -0.15) is 8.78 Å². The number of hydrogen-bond donors (Lipinski definition) is 1. The normalized spacial score (nSPS) is 13.1. The second-order valence-electron chi connectivity index (χ2n) is 5.44. The number of nitrogens with zero attached hydrogens (tertiary/aromatic N) is 4. The molecule has 2 aromatic rings. The summed E-state index contributed by atoms with van der Waals surface area (Å²) in [6.07, 6.45) is 4.80. The van der Waals surface area contributed by atoms with Crippen LogP contribution in [0.25, 0.3) is 16.7 Å². The number of alkyl halides is 2. The van der Waals surface area contributed by atoms with E-state index in [-0.39, 0.29) is 5.70 Å². The largest absolute Gasteiger partial charge is 0.397 e. The Bertz CT molecular complexity index is 716. The SMILES string of the molecule is CC(C)Cc1nc2cnc(/C(N)=C/C=N/C(F)F)cc2n1C. The van der Waals surface area contributed by atoms with E-state index in [0.29, 0.717) is 11.6 Å². The van der Waals surface area contributed by atoms with E-state index in [0.717, 1.165) is 29.5 Å². The van der Waals surface area contributed by atoms with Gasteiger partial charge in [0.05, 0.1) is 23.1 Å². The quantitative estimate of drug-likeness (QED) is 0.682. The number of hydrogen-bond acceptors (Lipinski definition) is 4. The monoisotopic (exact) mass is 307 g/mol. The zero-order valence-corrected chi connectivity index (χ0v) is 12.8. The third-order valence-corrected chi connectivity index (χ3v) is 3.20. The summed E-state index contributed by atoms with van der Waals surface area (Å²) < 4.78 is 25.9. The van der Waals surface area contributed by atoms with E-state index in [2.05, 4.69) is 28.8 Å². The van der Waals surface area contributed by atoms with Crippen molar-refractivity contribution in [3.8, 4) is 0 Å². The predicted octanol–water partition coefficient (Wildman–Crippen LogP) is 2.76. The number of nitrogens with two attached hydrogens (primary N) is 1. The molecule has 0 aromatic carbocycles. The number of pyridine rings is 1. The lowest BCUT2D eigenvalue weighted by Crippen LogP contribution is -2.03. The van der Waals surface area contributed by atoms with Crippen LogP contribution < -0.4 is 5.73 Å². The standard InChI is InChI=1S/C15H19F2N5/c1-9(2)6-14-21-12-8-20-11(7-13(12)22(14)3)10(18)4-5-19-15(16)17/h4-5,7-9,15H,6,18H2,1-3H3/b10-4-,19-5+. The first-order valence-corrected chi connectivity index (χ1v) is 6.97. The van der Waals surface area contributed by atoms with Crippen LogP contribution in [0.4, 0.5) is 8.78 Å². The van der Waals surface area contributed by atoms with Gasteiger partial charge in [0.15, 0.2) is 0 Å². The molecule has 0 aliphatic rings. The second-order valence-corrected chi connectivity index (χ2v) is 5.44. The Hall–Kier alpha value is -2.31. The van der Waals surface area contributed by atoms with Gasteiger partial charge in [0.25, 0.3) is 0 Å². The van der Waals surface area contributed by atoms with Crippen molar-refractivity contribution >= 4 is 22.9 Å². The maximum Gasteiger partial charge on any atom is 0.331 e. The highest BCUT2D eigenvalue weighted by Gasteiger charge is 2.11. The summed E-state index contributed by atoms with van der Waals surface area (Å²) in [6.45, 7) is 1.52. The molecule has 0 radical (unpaired) electrons. The van der Waals surface area contributed by atoms with E-state index in [1.165, 1.54) is 6.08 Å². The van der Waals surface area contributed by atoms with Crippen molar-refractivity contribution in [3.05, 3.63) is 29.9 Å². The first-order valence-electron chi connectivity index (χ1n) is 6.97. The number of halogens is 2. The lowest BCUT2D eigenvalue weighted by Gasteiger charge is -2.05. The zero-order chi connectivity index (χ0) is 16.3. The highest BCUT2D eigenvalue weighted by atomic mass is 19.3. The van der Waals surface area contributed by atoms with Crippen molar-refractivity contribution in [2.75, 3.05) is 0 Å². The number of rotatable bonds is 5. The van der Waals surface area contributed by atoms with Crippen molar-refractivity contribution in [2.24, 2.45) is 23.7 Å². The van der Waals surface area contributed by atoms with Crippen LogP contribution in [0.3, 0.4) is 0 Å². The molecule has 2 N–H and O–H groups in total. The molecule has 0 saturated heterocycles. The molecule has 2 aromatic heterocycles. The van der Waals surface area contributed by atoms with Crippen molar-refractivity contribution in [1.29, 1.82) is 0 Å². The molecule has 2 rings (SSSR count). The number of fused-ring (bicyclic) bond motifs is 1. The van der Waals surface area contributed by atoms with Gasteiger partial charge in [-0.15, -0.1) is 0 Å². The van der Waals surface area contributed by atoms with Crippen LogP contribution in [-0.4, -0.2) is 27.3 Å². The smallest absolute Gasteiger partial charge is 0.331 e. The molecule has 0 unspecified atom stereocenters. The molecule has 0 aliphatic carbocycles. The molecular formula is C15H19F2N5. The van der Waals surface area contributed by atoms with Crippen LogP contribution in [0.5, 0.6) is 0 Å². The molecule has 5 nitrogen and oxygen atoms in total. The van der Waals surface area contributed by atoms with E-state index in [9.17, 15) is 8.78 Å². The minimum Gasteiger partial charge on any atom is -0.397 e. The second kappa shape index (κ2) is 6.64. The fraction of sp³-hybridized carbons (Fsp3) is 0.400. The molecule has 0 bridgehead atoms. The lowest BCUT2D eigenvalue weighted by atomic mass is 10.1. The Balaban J connectivity index is 2.35. The minimum atomic E-state index is -2.74. The highest BCUT2D eigenvalue weighted by molar-refractivity contribution is 5.85. The van der Waals surface area contributed by atoms with Gasteiger partial charge in [0, 0.05) is 19.7 Å². The summed E-state index contributed by atoms with van der Waals surface area (Å²) in [5, 5.41) is 0. The number of aliphatic imine (C=N–C) groups is 1. The maximum absolute atomic E-state index is 12.0. The summed E-state index contributed by atoms with van der Waals surface area (Å²) >= 11 is 0. The molecule has 7 heteroatoms. The third-order valence-electron chi connectivity index (χ3n) is 3.20. The molecule has 0 amide bonds. The average molecular weight is 307 g/mol. The van der Waals surface area contributed by atoms with E-state index >= 15 is 0 Å². The van der Waals surface area contributed by atoms with E-state index in [4.69, 9.17) is 5.73 Å². The summed E-state index contributed by atoms with van der Waals surface area (Å²) in [5.74, 6) is 1.48. The number of aromatic nitrogens is 3.